The minimum absolute atomic E-state index is 0.117. The van der Waals surface area contributed by atoms with Gasteiger partial charge in [0.1, 0.15) is 5.78 Å². The molecule has 1 aromatic rings. The third-order valence-electron chi connectivity index (χ3n) is 3.75. The van der Waals surface area contributed by atoms with E-state index in [2.05, 4.69) is 40.2 Å². The van der Waals surface area contributed by atoms with Gasteiger partial charge < -0.3 is 17.3 Å². The summed E-state index contributed by atoms with van der Waals surface area (Å²) < 4.78 is 43.8. The maximum absolute atomic E-state index is 11.8. The Morgan fingerprint density at radius 1 is 0.929 bits per heavy atom. The van der Waals surface area contributed by atoms with Crippen LogP contribution in [0.15, 0.2) is 30.3 Å². The molecule has 7 heteroatoms. The first-order chi connectivity index (χ1) is 13.0. The van der Waals surface area contributed by atoms with Crippen molar-refractivity contribution in [1.82, 2.24) is 0 Å². The molecule has 1 aromatic carbocycles. The summed E-state index contributed by atoms with van der Waals surface area (Å²) in [6.45, 7) is 6.03. The third kappa shape index (κ3) is 19.7. The van der Waals surface area contributed by atoms with Gasteiger partial charge in [-0.2, -0.15) is 0 Å². The van der Waals surface area contributed by atoms with Gasteiger partial charge in [-0.25, -0.2) is 0 Å². The molecular weight excluding hydrogens is 482 g/mol. The summed E-state index contributed by atoms with van der Waals surface area (Å²) in [6.07, 6.45) is 9.04. The zero-order valence-electron chi connectivity index (χ0n) is 16.9. The zero-order chi connectivity index (χ0) is 21.5. The number of benzene rings is 1. The van der Waals surface area contributed by atoms with Gasteiger partial charge >= 0.3 is 28.5 Å². The summed E-state index contributed by atoms with van der Waals surface area (Å²) in [7, 11) is -6.00. The molecule has 0 aliphatic carbocycles. The Morgan fingerprint density at radius 3 is 1.96 bits per heavy atom. The van der Waals surface area contributed by atoms with Crippen LogP contribution >= 0.6 is 0 Å². The highest BCUT2D eigenvalue weighted by Gasteiger charge is 2.21. The molecule has 0 radical (unpaired) electrons. The average molecular weight is 512 g/mol. The average Bonchev–Trinajstić information content (AvgIpc) is 2.58. The van der Waals surface area contributed by atoms with E-state index in [1.165, 1.54) is 35.7 Å². The van der Waals surface area contributed by atoms with Crippen LogP contribution in [0, 0.1) is 18.8 Å². The molecule has 0 atom stereocenters. The Labute approximate surface area is 177 Å². The van der Waals surface area contributed by atoms with Crippen molar-refractivity contribution in [2.75, 3.05) is 0 Å². The number of ketones is 1. The van der Waals surface area contributed by atoms with Crippen LogP contribution in [0.4, 0.5) is 17.3 Å². The highest BCUT2D eigenvalue weighted by atomic mass is 127. The maximum atomic E-state index is 11.8. The van der Waals surface area contributed by atoms with E-state index in [4.69, 9.17) is 0 Å². The molecular formula is C21H30BF4IO. The van der Waals surface area contributed by atoms with E-state index in [1.54, 1.807) is 0 Å². The molecule has 1 rings (SSSR count). The van der Waals surface area contributed by atoms with Gasteiger partial charge in [0, 0.05) is 18.3 Å². The molecule has 0 fully saturated rings. The highest BCUT2D eigenvalue weighted by molar-refractivity contribution is 6.50. The van der Waals surface area contributed by atoms with Crippen molar-refractivity contribution in [3.63, 3.8) is 0 Å². The summed E-state index contributed by atoms with van der Waals surface area (Å²) >= 11 is -0.117. The normalized spacial score (nSPS) is 11.1. The summed E-state index contributed by atoms with van der Waals surface area (Å²) in [4.78, 5) is 11.8. The Kier molecular flexibility index (Phi) is 14.3. The lowest BCUT2D eigenvalue weighted by Crippen LogP contribution is -3.59. The molecule has 0 bridgehead atoms. The summed E-state index contributed by atoms with van der Waals surface area (Å²) in [5.74, 6) is 3.72. The lowest BCUT2D eigenvalue weighted by Gasteiger charge is -2.16. The largest absolute Gasteiger partial charge is 0.673 e. The zero-order valence-corrected chi connectivity index (χ0v) is 19.1. The van der Waals surface area contributed by atoms with E-state index >= 15 is 0 Å². The quantitative estimate of drug-likeness (QED) is 0.161. The molecule has 1 nitrogen and oxygen atoms in total. The Morgan fingerprint density at radius 2 is 1.43 bits per heavy atom. The number of halogens is 5. The molecule has 0 aliphatic rings. The van der Waals surface area contributed by atoms with Crippen LogP contribution in [0.2, 0.25) is 0 Å². The van der Waals surface area contributed by atoms with E-state index < -0.39 is 7.25 Å². The molecule has 28 heavy (non-hydrogen) atoms. The van der Waals surface area contributed by atoms with E-state index in [1.807, 2.05) is 20.8 Å². The van der Waals surface area contributed by atoms with Crippen LogP contribution < -0.4 is 21.2 Å². The fourth-order valence-electron chi connectivity index (χ4n) is 2.19. The van der Waals surface area contributed by atoms with Gasteiger partial charge in [0.25, 0.3) is 0 Å². The number of Topliss-reactive ketones (excluding diaryl/α,β-unsaturated/α-hetero) is 1. The number of carbonyl (C=O) groups is 1. The van der Waals surface area contributed by atoms with Crippen molar-refractivity contribution in [3.8, 4) is 9.85 Å². The Balaban J connectivity index is 0.00000129. The van der Waals surface area contributed by atoms with Crippen LogP contribution in [0.1, 0.15) is 72.1 Å². The van der Waals surface area contributed by atoms with Gasteiger partial charge in [-0.05, 0) is 30.9 Å². The molecule has 0 saturated heterocycles. The maximum Gasteiger partial charge on any atom is 0.673 e. The molecule has 0 saturated carbocycles. The fourth-order valence-corrected chi connectivity index (χ4v) is 3.74. The second kappa shape index (κ2) is 14.9. The monoisotopic (exact) mass is 512 g/mol. The van der Waals surface area contributed by atoms with Crippen LogP contribution in [0.5, 0.6) is 0 Å². The molecule has 0 aromatic heterocycles. The topological polar surface area (TPSA) is 17.1 Å². The van der Waals surface area contributed by atoms with Crippen molar-refractivity contribution < 1.29 is 43.3 Å². The number of unbranched alkanes of at least 4 members (excludes halogenated alkanes) is 6. The minimum atomic E-state index is -6.00. The van der Waals surface area contributed by atoms with E-state index in [0.717, 1.165) is 19.3 Å². The van der Waals surface area contributed by atoms with Gasteiger partial charge in [-0.15, -0.1) is 0 Å². The molecule has 0 N–H and O–H groups in total. The predicted molar refractivity (Wildman–Crippen MR) is 104 cm³/mol. The Hall–Kier alpha value is -1.04. The molecule has 0 amide bonds. The summed E-state index contributed by atoms with van der Waals surface area (Å²) in [5.41, 5.74) is -0.166. The van der Waals surface area contributed by atoms with Crippen molar-refractivity contribution in [2.45, 2.75) is 72.1 Å². The van der Waals surface area contributed by atoms with Crippen molar-refractivity contribution >= 4 is 13.0 Å². The molecule has 158 valence electrons. The second-order valence-electron chi connectivity index (χ2n) is 7.45. The highest BCUT2D eigenvalue weighted by Crippen LogP contribution is 2.19. The number of hydrogen-bond acceptors (Lipinski definition) is 1. The van der Waals surface area contributed by atoms with Crippen LogP contribution in [0.25, 0.3) is 0 Å². The lowest BCUT2D eigenvalue weighted by atomic mass is 9.88. The molecule has 0 unspecified atom stereocenters. The van der Waals surface area contributed by atoms with Crippen LogP contribution in [-0.2, 0) is 4.79 Å². The predicted octanol–water partition coefficient (Wildman–Crippen LogP) is 3.94. The first kappa shape index (κ1) is 27.0. The van der Waals surface area contributed by atoms with Gasteiger partial charge in [0.15, 0.2) is 3.93 Å². The van der Waals surface area contributed by atoms with Gasteiger partial charge in [0.05, 0.1) is 0 Å². The lowest BCUT2D eigenvalue weighted by molar-refractivity contribution is -0.535. The summed E-state index contributed by atoms with van der Waals surface area (Å²) in [5, 5.41) is 0. The standard InChI is InChI=1S/C21H30IO.BF4/c1-21(2,3)20(23)17-13-8-6-4-5-7-9-14-18-22-19-15-11-10-12-16-19;2-1(3,4)5/h10-12,15-16H,4-9,13,17H2,1-3H3;/q+1;-1. The first-order valence-electron chi connectivity index (χ1n) is 9.57. The SMILES string of the molecule is CC(C)(C)C(=O)CCCCCCCCC#C[I+]c1ccccc1.F[B-](F)(F)F. The van der Waals surface area contributed by atoms with Gasteiger partial charge in [-0.1, -0.05) is 64.7 Å². The van der Waals surface area contributed by atoms with E-state index in [0.29, 0.717) is 5.78 Å². The fraction of sp³-hybridized carbons (Fsp3) is 0.571. The van der Waals surface area contributed by atoms with Crippen molar-refractivity contribution in [1.29, 1.82) is 0 Å². The van der Waals surface area contributed by atoms with Crippen molar-refractivity contribution in [3.05, 3.63) is 33.9 Å². The molecule has 0 spiro atoms. The Bertz CT molecular complexity index is 595. The number of carbonyl (C=O) groups excluding carboxylic acids is 1. The van der Waals surface area contributed by atoms with E-state index in [9.17, 15) is 22.1 Å². The summed E-state index contributed by atoms with van der Waals surface area (Å²) in [6, 6.07) is 10.6. The second-order valence-corrected chi connectivity index (χ2v) is 9.78. The van der Waals surface area contributed by atoms with Crippen molar-refractivity contribution in [2.24, 2.45) is 5.41 Å². The molecule has 0 aliphatic heterocycles. The molecule has 0 heterocycles. The van der Waals surface area contributed by atoms with Gasteiger partial charge in [-0.3, -0.25) is 4.79 Å². The minimum Gasteiger partial charge on any atom is -0.418 e. The van der Waals surface area contributed by atoms with E-state index in [-0.39, 0.29) is 26.6 Å². The third-order valence-corrected chi connectivity index (χ3v) is 5.74. The first-order valence-corrected chi connectivity index (χ1v) is 11.7. The number of hydrogen-bond donors (Lipinski definition) is 0. The van der Waals surface area contributed by atoms with Gasteiger partial charge in [0.2, 0.25) is 3.57 Å². The van der Waals surface area contributed by atoms with Crippen LogP contribution in [0.3, 0.4) is 0 Å². The smallest absolute Gasteiger partial charge is 0.418 e. The van der Waals surface area contributed by atoms with Crippen LogP contribution in [-0.4, -0.2) is 13.0 Å². The number of rotatable bonds is 9.